The van der Waals surface area contributed by atoms with Crippen LogP contribution in [0.3, 0.4) is 0 Å². The Balaban J connectivity index is 1.94. The molecule has 0 saturated heterocycles. The first kappa shape index (κ1) is 15.6. The molecule has 0 spiro atoms. The van der Waals surface area contributed by atoms with Crippen LogP contribution in [0.2, 0.25) is 0 Å². The van der Waals surface area contributed by atoms with Crippen molar-refractivity contribution < 1.29 is 4.74 Å². The highest BCUT2D eigenvalue weighted by Crippen LogP contribution is 2.15. The molecule has 0 aliphatic rings. The van der Waals surface area contributed by atoms with E-state index in [0.717, 1.165) is 30.7 Å². The fraction of sp³-hybridized carbons (Fsp3) is 0.471. The van der Waals surface area contributed by atoms with Crippen LogP contribution >= 0.6 is 0 Å². The van der Waals surface area contributed by atoms with Crippen LogP contribution in [0.25, 0.3) is 0 Å². The summed E-state index contributed by atoms with van der Waals surface area (Å²) in [6.07, 6.45) is 4.74. The topological polar surface area (TPSA) is 53.1 Å². The predicted molar refractivity (Wildman–Crippen MR) is 85.6 cm³/mol. The zero-order chi connectivity index (χ0) is 15.2. The average molecular weight is 287 g/mol. The number of aromatic nitrogens is 2. The minimum atomic E-state index is 0.0670. The molecule has 0 saturated carbocycles. The SMILES string of the molecule is CCC(C)n1ccc(CC(N)Cc2cccc(OC)c2)n1. The lowest BCUT2D eigenvalue weighted by atomic mass is 10.0. The van der Waals surface area contributed by atoms with E-state index in [1.165, 1.54) is 5.56 Å². The first-order chi connectivity index (χ1) is 10.1. The summed E-state index contributed by atoms with van der Waals surface area (Å²) in [5.74, 6) is 0.876. The van der Waals surface area contributed by atoms with Crippen molar-refractivity contribution in [2.75, 3.05) is 7.11 Å². The lowest BCUT2D eigenvalue weighted by Gasteiger charge is -2.12. The average Bonchev–Trinajstić information content (AvgIpc) is 2.94. The van der Waals surface area contributed by atoms with Gasteiger partial charge in [0, 0.05) is 24.7 Å². The Kier molecular flexibility index (Phi) is 5.39. The van der Waals surface area contributed by atoms with Gasteiger partial charge in [-0.05, 0) is 43.5 Å². The van der Waals surface area contributed by atoms with Gasteiger partial charge in [0.2, 0.25) is 0 Å². The van der Waals surface area contributed by atoms with Crippen LogP contribution in [0, 0.1) is 0 Å². The lowest BCUT2D eigenvalue weighted by molar-refractivity contribution is 0.414. The maximum absolute atomic E-state index is 6.26. The molecule has 1 heterocycles. The van der Waals surface area contributed by atoms with Crippen molar-refractivity contribution in [3.8, 4) is 5.75 Å². The van der Waals surface area contributed by atoms with Crippen molar-refractivity contribution in [3.63, 3.8) is 0 Å². The van der Waals surface area contributed by atoms with E-state index in [1.807, 2.05) is 29.1 Å². The molecule has 1 aromatic heterocycles. The molecule has 0 aliphatic carbocycles. The number of benzene rings is 1. The van der Waals surface area contributed by atoms with Crippen LogP contribution in [0.1, 0.15) is 37.6 Å². The summed E-state index contributed by atoms with van der Waals surface area (Å²) >= 11 is 0. The molecular weight excluding hydrogens is 262 g/mol. The highest BCUT2D eigenvalue weighted by molar-refractivity contribution is 5.29. The first-order valence-corrected chi connectivity index (χ1v) is 7.55. The molecule has 2 rings (SSSR count). The third kappa shape index (κ3) is 4.33. The Morgan fingerprint density at radius 1 is 1.29 bits per heavy atom. The minimum absolute atomic E-state index is 0.0670. The molecule has 1 aromatic carbocycles. The lowest BCUT2D eigenvalue weighted by Crippen LogP contribution is -2.25. The first-order valence-electron chi connectivity index (χ1n) is 7.55. The molecule has 0 bridgehead atoms. The van der Waals surface area contributed by atoms with Crippen LogP contribution in [0.5, 0.6) is 5.75 Å². The third-order valence-electron chi connectivity index (χ3n) is 3.81. The summed E-state index contributed by atoms with van der Waals surface area (Å²) in [6, 6.07) is 10.6. The van der Waals surface area contributed by atoms with Crippen molar-refractivity contribution in [1.82, 2.24) is 9.78 Å². The number of hydrogen-bond acceptors (Lipinski definition) is 3. The van der Waals surface area contributed by atoms with Gasteiger partial charge in [-0.25, -0.2) is 0 Å². The van der Waals surface area contributed by atoms with Crippen molar-refractivity contribution >= 4 is 0 Å². The Labute approximate surface area is 126 Å². The van der Waals surface area contributed by atoms with Crippen LogP contribution < -0.4 is 10.5 Å². The number of ether oxygens (including phenoxy) is 1. The van der Waals surface area contributed by atoms with E-state index >= 15 is 0 Å². The van der Waals surface area contributed by atoms with Gasteiger partial charge in [0.15, 0.2) is 0 Å². The molecule has 21 heavy (non-hydrogen) atoms. The maximum atomic E-state index is 6.26. The van der Waals surface area contributed by atoms with Crippen molar-refractivity contribution in [1.29, 1.82) is 0 Å². The molecule has 4 heteroatoms. The van der Waals surface area contributed by atoms with Crippen molar-refractivity contribution in [3.05, 3.63) is 47.8 Å². The van der Waals surface area contributed by atoms with E-state index in [1.54, 1.807) is 7.11 Å². The third-order valence-corrected chi connectivity index (χ3v) is 3.81. The smallest absolute Gasteiger partial charge is 0.119 e. The predicted octanol–water partition coefficient (Wildman–Crippen LogP) is 2.98. The van der Waals surface area contributed by atoms with Crippen LogP contribution in [-0.2, 0) is 12.8 Å². The van der Waals surface area contributed by atoms with Gasteiger partial charge in [0.05, 0.1) is 12.8 Å². The van der Waals surface area contributed by atoms with Crippen LogP contribution in [-0.4, -0.2) is 22.9 Å². The minimum Gasteiger partial charge on any atom is -0.497 e. The molecule has 2 N–H and O–H groups in total. The normalized spacial score (nSPS) is 13.9. The largest absolute Gasteiger partial charge is 0.497 e. The van der Waals surface area contributed by atoms with Crippen molar-refractivity contribution in [2.45, 2.75) is 45.2 Å². The highest BCUT2D eigenvalue weighted by Gasteiger charge is 2.10. The molecule has 0 radical (unpaired) electrons. The number of nitrogens with zero attached hydrogens (tertiary/aromatic N) is 2. The molecule has 2 atom stereocenters. The van der Waals surface area contributed by atoms with E-state index in [0.29, 0.717) is 6.04 Å². The summed E-state index contributed by atoms with van der Waals surface area (Å²) in [4.78, 5) is 0. The second-order valence-electron chi connectivity index (χ2n) is 5.56. The molecule has 0 amide bonds. The number of methoxy groups -OCH3 is 1. The Morgan fingerprint density at radius 2 is 2.10 bits per heavy atom. The number of rotatable bonds is 7. The van der Waals surface area contributed by atoms with E-state index in [-0.39, 0.29) is 6.04 Å². The quantitative estimate of drug-likeness (QED) is 0.851. The Morgan fingerprint density at radius 3 is 2.81 bits per heavy atom. The second-order valence-corrected chi connectivity index (χ2v) is 5.56. The fourth-order valence-electron chi connectivity index (χ4n) is 2.36. The van der Waals surface area contributed by atoms with Crippen molar-refractivity contribution in [2.24, 2.45) is 5.73 Å². The Hall–Kier alpha value is -1.81. The molecule has 4 nitrogen and oxygen atoms in total. The maximum Gasteiger partial charge on any atom is 0.119 e. The van der Waals surface area contributed by atoms with Gasteiger partial charge >= 0.3 is 0 Å². The van der Waals surface area contributed by atoms with Gasteiger partial charge in [-0.15, -0.1) is 0 Å². The molecule has 2 unspecified atom stereocenters. The van der Waals surface area contributed by atoms with Gasteiger partial charge < -0.3 is 10.5 Å². The summed E-state index contributed by atoms with van der Waals surface area (Å²) in [5.41, 5.74) is 8.52. The highest BCUT2D eigenvalue weighted by atomic mass is 16.5. The van der Waals surface area contributed by atoms with Crippen LogP contribution in [0.4, 0.5) is 0 Å². The zero-order valence-electron chi connectivity index (χ0n) is 13.1. The molecule has 2 aromatic rings. The summed E-state index contributed by atoms with van der Waals surface area (Å²) in [7, 11) is 1.68. The van der Waals surface area contributed by atoms with E-state index < -0.39 is 0 Å². The van der Waals surface area contributed by atoms with Gasteiger partial charge in [0.1, 0.15) is 5.75 Å². The number of hydrogen-bond donors (Lipinski definition) is 1. The van der Waals surface area contributed by atoms with E-state index in [9.17, 15) is 0 Å². The molecular formula is C17H25N3O. The summed E-state index contributed by atoms with van der Waals surface area (Å²) in [6.45, 7) is 4.34. The standard InChI is InChI=1S/C17H25N3O/c1-4-13(2)20-9-8-16(19-20)12-15(18)10-14-6-5-7-17(11-14)21-3/h5-9,11,13,15H,4,10,12,18H2,1-3H3. The molecule has 0 aliphatic heterocycles. The second kappa shape index (κ2) is 7.27. The fourth-order valence-corrected chi connectivity index (χ4v) is 2.36. The summed E-state index contributed by atoms with van der Waals surface area (Å²) in [5, 5.41) is 4.61. The monoisotopic (exact) mass is 287 g/mol. The Bertz CT molecular complexity index is 565. The van der Waals surface area contributed by atoms with E-state index in [2.05, 4.69) is 31.1 Å². The van der Waals surface area contributed by atoms with Gasteiger partial charge in [-0.2, -0.15) is 5.10 Å². The van der Waals surface area contributed by atoms with Gasteiger partial charge in [0.25, 0.3) is 0 Å². The van der Waals surface area contributed by atoms with Gasteiger partial charge in [-0.3, -0.25) is 4.68 Å². The zero-order valence-corrected chi connectivity index (χ0v) is 13.1. The van der Waals surface area contributed by atoms with Gasteiger partial charge in [-0.1, -0.05) is 19.1 Å². The van der Waals surface area contributed by atoms with E-state index in [4.69, 9.17) is 10.5 Å². The molecule has 114 valence electrons. The van der Waals surface area contributed by atoms with Crippen LogP contribution in [0.15, 0.2) is 36.5 Å². The molecule has 0 fully saturated rings. The number of nitrogens with two attached hydrogens (primary N) is 1. The summed E-state index contributed by atoms with van der Waals surface area (Å²) < 4.78 is 7.26.